The van der Waals surface area contributed by atoms with Crippen molar-refractivity contribution in [3.63, 3.8) is 0 Å². The number of carbonyl (C=O) groups is 2. The van der Waals surface area contributed by atoms with Crippen LogP contribution in [0.4, 0.5) is 5.82 Å². The number of hydrogen-bond donors (Lipinski definition) is 2. The van der Waals surface area contributed by atoms with E-state index in [0.717, 1.165) is 4.47 Å². The number of aromatic nitrogens is 2. The zero-order chi connectivity index (χ0) is 16.7. The Kier molecular flexibility index (Phi) is 6.04. The molecule has 0 unspecified atom stereocenters. The lowest BCUT2D eigenvalue weighted by Crippen LogP contribution is -2.28. The van der Waals surface area contributed by atoms with Gasteiger partial charge in [-0.25, -0.2) is 4.79 Å². The Bertz CT molecular complexity index is 674. The van der Waals surface area contributed by atoms with E-state index in [9.17, 15) is 9.59 Å². The third kappa shape index (κ3) is 5.03. The number of ether oxygens (including phenoxy) is 1. The summed E-state index contributed by atoms with van der Waals surface area (Å²) in [6.45, 7) is 0.907. The average molecular weight is 379 g/mol. The number of benzene rings is 1. The Balaban J connectivity index is 1.75. The second-order valence-corrected chi connectivity index (χ2v) is 5.40. The van der Waals surface area contributed by atoms with Gasteiger partial charge in [0.2, 0.25) is 0 Å². The molecule has 0 saturated carbocycles. The van der Waals surface area contributed by atoms with Crippen LogP contribution in [0, 0.1) is 0 Å². The Morgan fingerprint density at radius 1 is 1.09 bits per heavy atom. The van der Waals surface area contributed by atoms with E-state index in [-0.39, 0.29) is 11.6 Å². The predicted octanol–water partition coefficient (Wildman–Crippen LogP) is 1.87. The fourth-order valence-corrected chi connectivity index (χ4v) is 1.97. The van der Waals surface area contributed by atoms with Gasteiger partial charge in [-0.1, -0.05) is 15.9 Å². The van der Waals surface area contributed by atoms with E-state index in [1.165, 1.54) is 13.2 Å². The molecule has 0 aliphatic rings. The second kappa shape index (κ2) is 8.23. The fraction of sp³-hybridized carbons (Fsp3) is 0.200. The molecular weight excluding hydrogens is 364 g/mol. The van der Waals surface area contributed by atoms with E-state index in [4.69, 9.17) is 0 Å². The van der Waals surface area contributed by atoms with Crippen LogP contribution in [0.5, 0.6) is 0 Å². The largest absolute Gasteiger partial charge is 0.464 e. The summed E-state index contributed by atoms with van der Waals surface area (Å²) in [4.78, 5) is 23.1. The minimum absolute atomic E-state index is 0.140. The molecule has 1 aromatic heterocycles. The van der Waals surface area contributed by atoms with Crippen LogP contribution in [0.15, 0.2) is 40.9 Å². The minimum atomic E-state index is -0.536. The Morgan fingerprint density at radius 2 is 1.83 bits per heavy atom. The van der Waals surface area contributed by atoms with Crippen molar-refractivity contribution in [2.45, 2.75) is 0 Å². The highest BCUT2D eigenvalue weighted by atomic mass is 79.9. The van der Waals surface area contributed by atoms with Crippen molar-refractivity contribution in [3.8, 4) is 0 Å². The molecule has 2 N–H and O–H groups in total. The lowest BCUT2D eigenvalue weighted by atomic mass is 10.2. The number of rotatable bonds is 6. The van der Waals surface area contributed by atoms with Crippen LogP contribution in [0.2, 0.25) is 0 Å². The lowest BCUT2D eigenvalue weighted by Gasteiger charge is -2.07. The van der Waals surface area contributed by atoms with Crippen LogP contribution in [0.25, 0.3) is 0 Å². The Morgan fingerprint density at radius 3 is 2.43 bits per heavy atom. The van der Waals surface area contributed by atoms with Gasteiger partial charge in [-0.05, 0) is 36.4 Å². The number of amides is 1. The minimum Gasteiger partial charge on any atom is -0.464 e. The average Bonchev–Trinajstić information content (AvgIpc) is 2.59. The molecule has 0 fully saturated rings. The van der Waals surface area contributed by atoms with E-state index < -0.39 is 5.97 Å². The molecule has 1 heterocycles. The fourth-order valence-electron chi connectivity index (χ4n) is 1.71. The van der Waals surface area contributed by atoms with Crippen LogP contribution >= 0.6 is 15.9 Å². The van der Waals surface area contributed by atoms with E-state index >= 15 is 0 Å². The summed E-state index contributed by atoms with van der Waals surface area (Å²) in [5.41, 5.74) is 0.733. The highest BCUT2D eigenvalue weighted by Crippen LogP contribution is 2.10. The number of hydrogen-bond acceptors (Lipinski definition) is 6. The second-order valence-electron chi connectivity index (χ2n) is 4.48. The van der Waals surface area contributed by atoms with Gasteiger partial charge in [0, 0.05) is 23.1 Å². The number of methoxy groups -OCH3 is 1. The van der Waals surface area contributed by atoms with Crippen LogP contribution in [0.3, 0.4) is 0 Å². The molecule has 0 radical (unpaired) electrons. The zero-order valence-electron chi connectivity index (χ0n) is 12.4. The number of esters is 1. The monoisotopic (exact) mass is 378 g/mol. The van der Waals surface area contributed by atoms with Gasteiger partial charge >= 0.3 is 5.97 Å². The molecule has 1 aromatic carbocycles. The normalized spacial score (nSPS) is 10.0. The van der Waals surface area contributed by atoms with E-state index in [2.05, 4.69) is 41.5 Å². The molecule has 0 saturated heterocycles. The van der Waals surface area contributed by atoms with E-state index in [0.29, 0.717) is 24.5 Å². The molecule has 0 bridgehead atoms. The van der Waals surface area contributed by atoms with Crippen LogP contribution < -0.4 is 10.6 Å². The van der Waals surface area contributed by atoms with Gasteiger partial charge in [0.15, 0.2) is 5.69 Å². The summed E-state index contributed by atoms with van der Waals surface area (Å²) >= 11 is 3.32. The van der Waals surface area contributed by atoms with Crippen molar-refractivity contribution in [1.29, 1.82) is 0 Å². The summed E-state index contributed by atoms with van der Waals surface area (Å²) in [5.74, 6) is -0.173. The van der Waals surface area contributed by atoms with E-state index in [1.807, 2.05) is 12.1 Å². The van der Waals surface area contributed by atoms with Gasteiger partial charge in [0.05, 0.1) is 7.11 Å². The zero-order valence-corrected chi connectivity index (χ0v) is 14.0. The molecule has 1 amide bonds. The lowest BCUT2D eigenvalue weighted by molar-refractivity contribution is 0.0592. The first-order valence-corrected chi connectivity index (χ1v) is 7.59. The molecule has 8 heteroatoms. The molecular formula is C15H15BrN4O3. The summed E-state index contributed by atoms with van der Waals surface area (Å²) in [6.07, 6.45) is 0. The molecule has 0 aliphatic heterocycles. The highest BCUT2D eigenvalue weighted by molar-refractivity contribution is 9.10. The molecule has 2 rings (SSSR count). The predicted molar refractivity (Wildman–Crippen MR) is 88.3 cm³/mol. The van der Waals surface area contributed by atoms with Gasteiger partial charge in [-0.15, -0.1) is 10.2 Å². The Hall–Kier alpha value is -2.48. The number of carbonyl (C=O) groups excluding carboxylic acids is 2. The molecule has 120 valence electrons. The summed E-state index contributed by atoms with van der Waals surface area (Å²) < 4.78 is 5.46. The van der Waals surface area contributed by atoms with E-state index in [1.54, 1.807) is 18.2 Å². The van der Waals surface area contributed by atoms with Gasteiger partial charge in [0.25, 0.3) is 5.91 Å². The third-order valence-corrected chi connectivity index (χ3v) is 3.41. The van der Waals surface area contributed by atoms with Crippen molar-refractivity contribution in [2.24, 2.45) is 0 Å². The maximum Gasteiger partial charge on any atom is 0.358 e. The van der Waals surface area contributed by atoms with Gasteiger partial charge < -0.3 is 15.4 Å². The van der Waals surface area contributed by atoms with Crippen molar-refractivity contribution in [3.05, 3.63) is 52.1 Å². The maximum atomic E-state index is 11.9. The highest BCUT2D eigenvalue weighted by Gasteiger charge is 2.07. The SMILES string of the molecule is COC(=O)c1ccc(NCCNC(=O)c2ccc(Br)cc2)nn1. The standard InChI is InChI=1S/C15H15BrN4O3/c1-23-15(22)12-6-7-13(20-19-12)17-8-9-18-14(21)10-2-4-11(16)5-3-10/h2-7H,8-9H2,1H3,(H,17,20)(H,18,21). The maximum absolute atomic E-state index is 11.9. The van der Waals surface area contributed by atoms with Crippen molar-refractivity contribution in [1.82, 2.24) is 15.5 Å². The van der Waals surface area contributed by atoms with Gasteiger partial charge in [0.1, 0.15) is 5.82 Å². The summed E-state index contributed by atoms with van der Waals surface area (Å²) in [6, 6.07) is 10.2. The molecule has 7 nitrogen and oxygen atoms in total. The first-order chi connectivity index (χ1) is 11.1. The van der Waals surface area contributed by atoms with Crippen molar-refractivity contribution in [2.75, 3.05) is 25.5 Å². The Labute approximate surface area is 141 Å². The van der Waals surface area contributed by atoms with Gasteiger partial charge in [-0.2, -0.15) is 0 Å². The molecule has 23 heavy (non-hydrogen) atoms. The molecule has 0 spiro atoms. The van der Waals surface area contributed by atoms with Gasteiger partial charge in [-0.3, -0.25) is 4.79 Å². The summed E-state index contributed by atoms with van der Waals surface area (Å²) in [5, 5.41) is 13.4. The molecule has 0 atom stereocenters. The van der Waals surface area contributed by atoms with Crippen LogP contribution in [-0.4, -0.2) is 42.3 Å². The summed E-state index contributed by atoms with van der Waals surface area (Å²) in [7, 11) is 1.28. The first kappa shape index (κ1) is 16.9. The van der Waals surface area contributed by atoms with Crippen molar-refractivity contribution >= 4 is 33.6 Å². The number of nitrogens with zero attached hydrogens (tertiary/aromatic N) is 2. The number of nitrogens with one attached hydrogen (secondary N) is 2. The smallest absolute Gasteiger partial charge is 0.358 e. The first-order valence-electron chi connectivity index (χ1n) is 6.80. The quantitative estimate of drug-likeness (QED) is 0.588. The van der Waals surface area contributed by atoms with Crippen LogP contribution in [0.1, 0.15) is 20.8 Å². The van der Waals surface area contributed by atoms with Crippen LogP contribution in [-0.2, 0) is 4.74 Å². The number of halogens is 1. The molecule has 2 aromatic rings. The molecule has 0 aliphatic carbocycles. The van der Waals surface area contributed by atoms with Crippen molar-refractivity contribution < 1.29 is 14.3 Å². The number of anilines is 1. The third-order valence-electron chi connectivity index (χ3n) is 2.88. The topological polar surface area (TPSA) is 93.2 Å².